The number of rotatable bonds is 4. The van der Waals surface area contributed by atoms with Crippen LogP contribution in [0, 0.1) is 0 Å². The van der Waals surface area contributed by atoms with Crippen molar-refractivity contribution < 1.29 is 4.74 Å². The van der Waals surface area contributed by atoms with E-state index in [-0.39, 0.29) is 12.4 Å². The Bertz CT molecular complexity index is 579. The lowest BCUT2D eigenvalue weighted by atomic mass is 9.96. The van der Waals surface area contributed by atoms with Gasteiger partial charge in [0, 0.05) is 22.6 Å². The van der Waals surface area contributed by atoms with E-state index in [0.29, 0.717) is 6.04 Å². The number of halogens is 1. The van der Waals surface area contributed by atoms with Crippen LogP contribution in [0.2, 0.25) is 0 Å². The molecule has 1 atom stereocenters. The second-order valence-corrected chi connectivity index (χ2v) is 5.33. The van der Waals surface area contributed by atoms with Gasteiger partial charge in [-0.15, -0.1) is 12.4 Å². The molecule has 2 heterocycles. The van der Waals surface area contributed by atoms with Gasteiger partial charge in [-0.25, -0.2) is 0 Å². The topological polar surface area (TPSA) is 37.0 Å². The summed E-state index contributed by atoms with van der Waals surface area (Å²) in [6, 6.07) is 6.80. The number of ether oxygens (including phenoxy) is 1. The van der Waals surface area contributed by atoms with E-state index in [1.54, 1.807) is 7.11 Å². The molecule has 2 aromatic rings. The van der Waals surface area contributed by atoms with Gasteiger partial charge in [-0.1, -0.05) is 19.8 Å². The molecular formula is C16H23ClN2O. The highest BCUT2D eigenvalue weighted by Crippen LogP contribution is 2.33. The molecule has 0 radical (unpaired) electrons. The lowest BCUT2D eigenvalue weighted by molar-refractivity contribution is 0.415. The van der Waals surface area contributed by atoms with E-state index in [1.165, 1.54) is 41.4 Å². The largest absolute Gasteiger partial charge is 0.497 e. The van der Waals surface area contributed by atoms with Crippen LogP contribution >= 0.6 is 12.4 Å². The van der Waals surface area contributed by atoms with Crippen LogP contribution in [-0.2, 0) is 6.42 Å². The molecule has 1 aliphatic heterocycles. The molecular weight excluding hydrogens is 272 g/mol. The van der Waals surface area contributed by atoms with Crippen molar-refractivity contribution in [3.8, 4) is 5.75 Å². The van der Waals surface area contributed by atoms with Gasteiger partial charge < -0.3 is 15.0 Å². The van der Waals surface area contributed by atoms with Gasteiger partial charge in [0.05, 0.1) is 7.11 Å². The smallest absolute Gasteiger partial charge is 0.119 e. The summed E-state index contributed by atoms with van der Waals surface area (Å²) in [4.78, 5) is 3.61. The number of benzene rings is 1. The monoisotopic (exact) mass is 294 g/mol. The van der Waals surface area contributed by atoms with E-state index >= 15 is 0 Å². The van der Waals surface area contributed by atoms with Gasteiger partial charge in [0.25, 0.3) is 0 Å². The van der Waals surface area contributed by atoms with Crippen molar-refractivity contribution in [3.63, 3.8) is 0 Å². The lowest BCUT2D eigenvalue weighted by Crippen LogP contribution is -2.29. The van der Waals surface area contributed by atoms with Crippen LogP contribution in [0.25, 0.3) is 10.9 Å². The lowest BCUT2D eigenvalue weighted by Gasteiger charge is -2.24. The molecule has 1 aromatic heterocycles. The van der Waals surface area contributed by atoms with E-state index in [2.05, 4.69) is 29.4 Å². The predicted molar refractivity (Wildman–Crippen MR) is 86.1 cm³/mol. The molecule has 3 nitrogen and oxygen atoms in total. The van der Waals surface area contributed by atoms with E-state index in [9.17, 15) is 0 Å². The summed E-state index contributed by atoms with van der Waals surface area (Å²) < 4.78 is 5.34. The highest BCUT2D eigenvalue weighted by atomic mass is 35.5. The zero-order valence-corrected chi connectivity index (χ0v) is 13.0. The van der Waals surface area contributed by atoms with Crippen LogP contribution in [0.4, 0.5) is 0 Å². The molecule has 2 N–H and O–H groups in total. The Balaban J connectivity index is 0.00000147. The molecule has 3 rings (SSSR count). The molecule has 0 spiro atoms. The fraction of sp³-hybridized carbons (Fsp3) is 0.500. The second-order valence-electron chi connectivity index (χ2n) is 5.33. The summed E-state index contributed by atoms with van der Waals surface area (Å²) in [5, 5.41) is 4.97. The number of methoxy groups -OCH3 is 1. The summed E-state index contributed by atoms with van der Waals surface area (Å²) in [7, 11) is 1.73. The van der Waals surface area contributed by atoms with Crippen molar-refractivity contribution in [3.05, 3.63) is 29.5 Å². The molecule has 0 saturated carbocycles. The molecule has 1 unspecified atom stereocenters. The first-order valence-corrected chi connectivity index (χ1v) is 7.25. The molecule has 0 aliphatic carbocycles. The second kappa shape index (κ2) is 6.51. The number of fused-ring (bicyclic) bond motifs is 3. The number of nitrogens with one attached hydrogen (secondary N) is 2. The zero-order valence-electron chi connectivity index (χ0n) is 12.2. The molecule has 4 heteroatoms. The molecule has 0 amide bonds. The highest BCUT2D eigenvalue weighted by molar-refractivity contribution is 5.86. The minimum Gasteiger partial charge on any atom is -0.497 e. The highest BCUT2D eigenvalue weighted by Gasteiger charge is 2.23. The van der Waals surface area contributed by atoms with Crippen molar-refractivity contribution >= 4 is 23.3 Å². The summed E-state index contributed by atoms with van der Waals surface area (Å²) in [5.74, 6) is 0.943. The third-order valence-electron chi connectivity index (χ3n) is 4.11. The van der Waals surface area contributed by atoms with E-state index < -0.39 is 0 Å². The van der Waals surface area contributed by atoms with Gasteiger partial charge in [-0.2, -0.15) is 0 Å². The molecule has 0 saturated heterocycles. The van der Waals surface area contributed by atoms with Crippen LogP contribution in [0.5, 0.6) is 5.75 Å². The van der Waals surface area contributed by atoms with E-state index in [0.717, 1.165) is 18.7 Å². The Morgan fingerprint density at radius 3 is 2.95 bits per heavy atom. The number of H-pyrrole nitrogens is 1. The Labute approximate surface area is 126 Å². The molecule has 0 fully saturated rings. The minimum absolute atomic E-state index is 0. The maximum atomic E-state index is 5.34. The van der Waals surface area contributed by atoms with Gasteiger partial charge in [-0.3, -0.25) is 0 Å². The number of aromatic nitrogens is 1. The maximum absolute atomic E-state index is 5.34. The summed E-state index contributed by atoms with van der Waals surface area (Å²) in [6.45, 7) is 3.32. The Morgan fingerprint density at radius 2 is 2.20 bits per heavy atom. The minimum atomic E-state index is 0. The Hall–Kier alpha value is -1.19. The standard InChI is InChI=1S/C16H22N2O.ClH/c1-3-4-5-15-16-12(8-9-17-15)13-10-11(19-2)6-7-14(13)18-16;/h6-7,10,15,17-18H,3-5,8-9H2,1-2H3;1H. The first-order valence-electron chi connectivity index (χ1n) is 7.25. The van der Waals surface area contributed by atoms with E-state index in [4.69, 9.17) is 4.74 Å². The number of hydrogen-bond acceptors (Lipinski definition) is 2. The predicted octanol–water partition coefficient (Wildman–Crippen LogP) is 3.98. The molecule has 110 valence electrons. The number of aromatic amines is 1. The van der Waals surface area contributed by atoms with Crippen molar-refractivity contribution in [2.75, 3.05) is 13.7 Å². The van der Waals surface area contributed by atoms with Crippen LogP contribution in [0.15, 0.2) is 18.2 Å². The van der Waals surface area contributed by atoms with Gasteiger partial charge in [-0.05, 0) is 43.1 Å². The Morgan fingerprint density at radius 1 is 1.35 bits per heavy atom. The SMILES string of the molecule is CCCCC1NCCc2c1[nH]c1ccc(OC)cc21.Cl. The fourth-order valence-electron chi connectivity index (χ4n) is 3.07. The summed E-state index contributed by atoms with van der Waals surface area (Å²) in [5.41, 5.74) is 4.10. The van der Waals surface area contributed by atoms with Crippen LogP contribution in [-0.4, -0.2) is 18.6 Å². The first-order chi connectivity index (χ1) is 9.33. The maximum Gasteiger partial charge on any atom is 0.119 e. The van der Waals surface area contributed by atoms with Gasteiger partial charge >= 0.3 is 0 Å². The fourth-order valence-corrected chi connectivity index (χ4v) is 3.07. The van der Waals surface area contributed by atoms with Gasteiger partial charge in [0.15, 0.2) is 0 Å². The quantitative estimate of drug-likeness (QED) is 0.895. The van der Waals surface area contributed by atoms with Crippen molar-refractivity contribution in [1.82, 2.24) is 10.3 Å². The van der Waals surface area contributed by atoms with Gasteiger partial charge in [0.2, 0.25) is 0 Å². The van der Waals surface area contributed by atoms with Crippen LogP contribution < -0.4 is 10.1 Å². The zero-order chi connectivity index (χ0) is 13.2. The summed E-state index contributed by atoms with van der Waals surface area (Å²) in [6.07, 6.45) is 4.84. The normalized spacial score (nSPS) is 17.6. The van der Waals surface area contributed by atoms with Crippen molar-refractivity contribution in [1.29, 1.82) is 0 Å². The number of hydrogen-bond donors (Lipinski definition) is 2. The third kappa shape index (κ3) is 2.65. The molecule has 1 aromatic carbocycles. The number of unbranched alkanes of at least 4 members (excludes halogenated alkanes) is 1. The molecule has 20 heavy (non-hydrogen) atoms. The first kappa shape index (κ1) is 15.2. The average molecular weight is 295 g/mol. The van der Waals surface area contributed by atoms with Crippen LogP contribution in [0.1, 0.15) is 43.5 Å². The van der Waals surface area contributed by atoms with Crippen molar-refractivity contribution in [2.45, 2.75) is 38.6 Å². The van der Waals surface area contributed by atoms with E-state index in [1.807, 2.05) is 6.07 Å². The molecule has 0 bridgehead atoms. The summed E-state index contributed by atoms with van der Waals surface area (Å²) >= 11 is 0. The average Bonchev–Trinajstić information content (AvgIpc) is 2.83. The van der Waals surface area contributed by atoms with Crippen molar-refractivity contribution in [2.24, 2.45) is 0 Å². The third-order valence-corrected chi connectivity index (χ3v) is 4.11. The van der Waals surface area contributed by atoms with Crippen LogP contribution in [0.3, 0.4) is 0 Å². The van der Waals surface area contributed by atoms with Gasteiger partial charge in [0.1, 0.15) is 5.75 Å². The molecule has 1 aliphatic rings. The Kier molecular flexibility index (Phi) is 4.95.